The molecule has 0 aliphatic rings. The van der Waals surface area contributed by atoms with Crippen LogP contribution in [0.15, 0.2) is 64.1 Å². The highest BCUT2D eigenvalue weighted by Crippen LogP contribution is 2.26. The summed E-state index contributed by atoms with van der Waals surface area (Å²) in [7, 11) is 3.85. The van der Waals surface area contributed by atoms with E-state index in [9.17, 15) is 9.59 Å². The van der Waals surface area contributed by atoms with Crippen molar-refractivity contribution in [2.75, 3.05) is 25.6 Å². The Morgan fingerprint density at radius 1 is 1.16 bits per heavy atom. The maximum absolute atomic E-state index is 11.9. The molecule has 2 aromatic carbocycles. The average molecular weight is 421 g/mol. The summed E-state index contributed by atoms with van der Waals surface area (Å²) in [6, 6.07) is 15.7. The maximum atomic E-state index is 11.9. The van der Waals surface area contributed by atoms with Gasteiger partial charge < -0.3 is 19.2 Å². The molecule has 3 rings (SSSR count). The van der Waals surface area contributed by atoms with Gasteiger partial charge in [0, 0.05) is 31.4 Å². The van der Waals surface area contributed by atoms with E-state index in [0.29, 0.717) is 17.3 Å². The minimum atomic E-state index is -0.980. The molecule has 1 aromatic heterocycles. The lowest BCUT2D eigenvalue weighted by Crippen LogP contribution is -2.24. The number of carbonyl (C=O) groups is 2. The van der Waals surface area contributed by atoms with Crippen LogP contribution in [-0.2, 0) is 4.79 Å². The molecule has 1 heterocycles. The van der Waals surface area contributed by atoms with Crippen molar-refractivity contribution in [1.29, 1.82) is 0 Å². The van der Waals surface area contributed by atoms with Gasteiger partial charge in [-0.05, 0) is 48.9 Å². The molecule has 0 aliphatic heterocycles. The van der Waals surface area contributed by atoms with Crippen molar-refractivity contribution >= 4 is 23.8 Å². The van der Waals surface area contributed by atoms with Crippen LogP contribution in [-0.4, -0.2) is 43.9 Å². The number of rotatable bonds is 8. The first-order chi connectivity index (χ1) is 14.8. The predicted octanol–water partition coefficient (Wildman–Crippen LogP) is 3.55. The third-order valence-electron chi connectivity index (χ3n) is 4.45. The van der Waals surface area contributed by atoms with Gasteiger partial charge in [-0.3, -0.25) is 4.79 Å². The van der Waals surface area contributed by atoms with Gasteiger partial charge in [0.15, 0.2) is 6.61 Å². The summed E-state index contributed by atoms with van der Waals surface area (Å²) in [5.41, 5.74) is 5.13. The van der Waals surface area contributed by atoms with Gasteiger partial charge in [0.2, 0.25) is 0 Å². The molecule has 0 bridgehead atoms. The number of nitrogens with one attached hydrogen (secondary N) is 1. The first-order valence-electron chi connectivity index (χ1n) is 9.50. The summed E-state index contributed by atoms with van der Waals surface area (Å²) in [6.07, 6.45) is 1.38. The fourth-order valence-corrected chi connectivity index (χ4v) is 2.84. The fourth-order valence-electron chi connectivity index (χ4n) is 2.84. The first kappa shape index (κ1) is 21.6. The normalized spacial score (nSPS) is 10.8. The number of amides is 1. The summed E-state index contributed by atoms with van der Waals surface area (Å²) in [6.45, 7) is 1.64. The Kier molecular flexibility index (Phi) is 6.71. The Labute approximate surface area is 179 Å². The number of aryl methyl sites for hydroxylation is 1. The van der Waals surface area contributed by atoms with Gasteiger partial charge in [0.25, 0.3) is 5.91 Å². The lowest BCUT2D eigenvalue weighted by Gasteiger charge is -2.13. The molecule has 8 nitrogen and oxygen atoms in total. The Balaban J connectivity index is 1.55. The Hall–Kier alpha value is -4.07. The van der Waals surface area contributed by atoms with Crippen LogP contribution < -0.4 is 15.1 Å². The third kappa shape index (κ3) is 5.72. The molecule has 2 N–H and O–H groups in total. The lowest BCUT2D eigenvalue weighted by molar-refractivity contribution is -0.123. The largest absolute Gasteiger partial charge is 0.484 e. The van der Waals surface area contributed by atoms with E-state index < -0.39 is 11.9 Å². The quantitative estimate of drug-likeness (QED) is 0.426. The molecule has 0 fully saturated rings. The van der Waals surface area contributed by atoms with Crippen LogP contribution in [0.25, 0.3) is 11.3 Å². The number of benzene rings is 2. The minimum Gasteiger partial charge on any atom is -0.484 e. The van der Waals surface area contributed by atoms with Crippen LogP contribution >= 0.6 is 0 Å². The molecular weight excluding hydrogens is 398 g/mol. The van der Waals surface area contributed by atoms with Crippen LogP contribution in [0.4, 0.5) is 5.69 Å². The standard InChI is InChI=1S/C23H23N3O5/c1-15-11-16(23(28)29)7-9-20(15)21-10-8-19(31-21)13-24-25-22(27)14-30-18-6-4-5-17(12-18)26(2)3/h4-13H,14H2,1-3H3,(H,25,27)(H,28,29)/b24-13+. The lowest BCUT2D eigenvalue weighted by atomic mass is 10.0. The van der Waals surface area contributed by atoms with Crippen molar-refractivity contribution in [3.8, 4) is 17.1 Å². The zero-order chi connectivity index (χ0) is 22.4. The van der Waals surface area contributed by atoms with Crippen LogP contribution in [0.3, 0.4) is 0 Å². The number of ether oxygens (including phenoxy) is 1. The van der Waals surface area contributed by atoms with E-state index in [4.69, 9.17) is 14.3 Å². The van der Waals surface area contributed by atoms with E-state index in [1.165, 1.54) is 12.3 Å². The number of aromatic carboxylic acids is 1. The second kappa shape index (κ2) is 9.62. The number of nitrogens with zero attached hydrogens (tertiary/aromatic N) is 2. The van der Waals surface area contributed by atoms with Crippen molar-refractivity contribution in [3.63, 3.8) is 0 Å². The number of carbonyl (C=O) groups excluding carboxylic acids is 1. The van der Waals surface area contributed by atoms with Crippen molar-refractivity contribution < 1.29 is 23.8 Å². The van der Waals surface area contributed by atoms with Crippen LogP contribution in [0.1, 0.15) is 21.7 Å². The van der Waals surface area contributed by atoms with Crippen molar-refractivity contribution in [1.82, 2.24) is 5.43 Å². The highest BCUT2D eigenvalue weighted by molar-refractivity contribution is 5.89. The fraction of sp³-hybridized carbons (Fsp3) is 0.174. The van der Waals surface area contributed by atoms with Gasteiger partial charge in [-0.2, -0.15) is 5.10 Å². The number of anilines is 1. The maximum Gasteiger partial charge on any atom is 0.335 e. The van der Waals surface area contributed by atoms with Crippen molar-refractivity contribution in [2.45, 2.75) is 6.92 Å². The van der Waals surface area contributed by atoms with Gasteiger partial charge in [-0.15, -0.1) is 0 Å². The van der Waals surface area contributed by atoms with Crippen molar-refractivity contribution in [2.24, 2.45) is 5.10 Å². The van der Waals surface area contributed by atoms with E-state index in [2.05, 4.69) is 10.5 Å². The number of carboxylic acid groups (broad SMARTS) is 1. The summed E-state index contributed by atoms with van der Waals surface area (Å²) in [4.78, 5) is 24.9. The van der Waals surface area contributed by atoms with Gasteiger partial charge in [-0.25, -0.2) is 10.2 Å². The predicted molar refractivity (Wildman–Crippen MR) is 118 cm³/mol. The number of furan rings is 1. The molecule has 160 valence electrons. The second-order valence-electron chi connectivity index (χ2n) is 7.01. The number of carboxylic acids is 1. The third-order valence-corrected chi connectivity index (χ3v) is 4.45. The van der Waals surface area contributed by atoms with E-state index in [-0.39, 0.29) is 12.2 Å². The highest BCUT2D eigenvalue weighted by Gasteiger charge is 2.10. The number of hydrogen-bond acceptors (Lipinski definition) is 6. The summed E-state index contributed by atoms with van der Waals surface area (Å²) in [5, 5.41) is 12.9. The molecule has 0 aliphatic carbocycles. The summed E-state index contributed by atoms with van der Waals surface area (Å²) < 4.78 is 11.2. The highest BCUT2D eigenvalue weighted by atomic mass is 16.5. The van der Waals surface area contributed by atoms with E-state index >= 15 is 0 Å². The van der Waals surface area contributed by atoms with Gasteiger partial charge in [0.05, 0.1) is 11.8 Å². The minimum absolute atomic E-state index is 0.174. The van der Waals surface area contributed by atoms with Crippen LogP contribution in [0.2, 0.25) is 0 Å². The molecular formula is C23H23N3O5. The molecule has 1 amide bonds. The van der Waals surface area contributed by atoms with E-state index in [1.807, 2.05) is 44.1 Å². The molecule has 8 heteroatoms. The summed E-state index contributed by atoms with van der Waals surface area (Å²) in [5.74, 6) is 0.221. The smallest absolute Gasteiger partial charge is 0.335 e. The topological polar surface area (TPSA) is 104 Å². The van der Waals surface area contributed by atoms with E-state index in [0.717, 1.165) is 16.8 Å². The molecule has 0 spiro atoms. The number of hydrogen-bond donors (Lipinski definition) is 2. The van der Waals surface area contributed by atoms with Crippen molar-refractivity contribution in [3.05, 3.63) is 71.5 Å². The Morgan fingerprint density at radius 2 is 1.97 bits per heavy atom. The van der Waals surface area contributed by atoms with Gasteiger partial charge in [0.1, 0.15) is 17.3 Å². The molecule has 0 unspecified atom stereocenters. The molecule has 31 heavy (non-hydrogen) atoms. The molecule has 0 radical (unpaired) electrons. The average Bonchev–Trinajstić information content (AvgIpc) is 3.21. The Bertz CT molecular complexity index is 1120. The zero-order valence-corrected chi connectivity index (χ0v) is 17.5. The Morgan fingerprint density at radius 3 is 2.68 bits per heavy atom. The molecule has 0 saturated carbocycles. The summed E-state index contributed by atoms with van der Waals surface area (Å²) >= 11 is 0. The molecule has 0 atom stereocenters. The zero-order valence-electron chi connectivity index (χ0n) is 17.5. The second-order valence-corrected chi connectivity index (χ2v) is 7.01. The van der Waals surface area contributed by atoms with Gasteiger partial charge in [-0.1, -0.05) is 12.1 Å². The van der Waals surface area contributed by atoms with Gasteiger partial charge >= 0.3 is 5.97 Å². The molecule has 3 aromatic rings. The van der Waals surface area contributed by atoms with E-state index in [1.54, 1.807) is 30.3 Å². The first-order valence-corrected chi connectivity index (χ1v) is 9.50. The van der Waals surface area contributed by atoms with Crippen LogP contribution in [0, 0.1) is 6.92 Å². The number of hydrazone groups is 1. The van der Waals surface area contributed by atoms with Crippen LogP contribution in [0.5, 0.6) is 5.75 Å². The monoisotopic (exact) mass is 421 g/mol. The SMILES string of the molecule is Cc1cc(C(=O)O)ccc1-c1ccc(/C=N/NC(=O)COc2cccc(N(C)C)c2)o1. The molecule has 0 saturated heterocycles.